The summed E-state index contributed by atoms with van der Waals surface area (Å²) in [6.45, 7) is 2.78. The summed E-state index contributed by atoms with van der Waals surface area (Å²) in [5, 5.41) is 8.44. The molecule has 0 aliphatic carbocycles. The average molecular weight is 178 g/mol. The second-order valence-corrected chi connectivity index (χ2v) is 2.46. The molecule has 0 aliphatic heterocycles. The molecule has 0 aromatic rings. The summed E-state index contributed by atoms with van der Waals surface area (Å²) in [4.78, 5) is 10.4. The maximum absolute atomic E-state index is 12.8. The molecule has 1 N–H and O–H groups in total. The second-order valence-electron chi connectivity index (χ2n) is 2.46. The lowest BCUT2D eigenvalue weighted by molar-refractivity contribution is -0.152. The van der Waals surface area contributed by atoms with Crippen molar-refractivity contribution in [2.45, 2.75) is 26.2 Å². The van der Waals surface area contributed by atoms with E-state index in [2.05, 4.69) is 0 Å². The van der Waals surface area contributed by atoms with Gasteiger partial charge in [0.2, 0.25) is 0 Å². The molecule has 0 amide bonds. The van der Waals surface area contributed by atoms with Crippen LogP contribution in [0.3, 0.4) is 0 Å². The van der Waals surface area contributed by atoms with Crippen LogP contribution in [-0.2, 0) is 4.79 Å². The Hall–Kier alpha value is -0.930. The highest BCUT2D eigenvalue weighted by Gasteiger charge is 2.40. The Kier molecular flexibility index (Phi) is 3.86. The van der Waals surface area contributed by atoms with Gasteiger partial charge in [-0.15, -0.1) is 0 Å². The lowest BCUT2D eigenvalue weighted by atomic mass is 9.99. The number of allylic oxidation sites excluding steroid dienone is 1. The summed E-state index contributed by atoms with van der Waals surface area (Å²) in [7, 11) is 0. The summed E-state index contributed by atoms with van der Waals surface area (Å²) >= 11 is 0. The average Bonchev–Trinajstić information content (AvgIpc) is 1.99. The van der Waals surface area contributed by atoms with E-state index < -0.39 is 24.2 Å². The Morgan fingerprint density at radius 3 is 2.42 bits per heavy atom. The molecule has 0 heterocycles. The van der Waals surface area contributed by atoms with E-state index in [1.54, 1.807) is 0 Å². The SMILES string of the molecule is CC=CC(C(=O)O)C(F)(F)CC. The molecule has 0 saturated heterocycles. The molecule has 0 aromatic heterocycles. The van der Waals surface area contributed by atoms with Crippen molar-refractivity contribution in [3.05, 3.63) is 12.2 Å². The van der Waals surface area contributed by atoms with Gasteiger partial charge in [-0.25, -0.2) is 8.78 Å². The first-order valence-electron chi connectivity index (χ1n) is 3.69. The van der Waals surface area contributed by atoms with Crippen LogP contribution >= 0.6 is 0 Å². The molecule has 1 atom stereocenters. The molecule has 0 fully saturated rings. The van der Waals surface area contributed by atoms with Crippen molar-refractivity contribution in [2.75, 3.05) is 0 Å². The quantitative estimate of drug-likeness (QED) is 0.670. The third kappa shape index (κ3) is 2.60. The molecule has 2 nitrogen and oxygen atoms in total. The van der Waals surface area contributed by atoms with E-state index in [0.717, 1.165) is 6.08 Å². The zero-order valence-corrected chi connectivity index (χ0v) is 7.05. The van der Waals surface area contributed by atoms with Crippen LogP contribution in [0, 0.1) is 5.92 Å². The van der Waals surface area contributed by atoms with Gasteiger partial charge in [-0.2, -0.15) is 0 Å². The van der Waals surface area contributed by atoms with Gasteiger partial charge < -0.3 is 5.11 Å². The van der Waals surface area contributed by atoms with Gasteiger partial charge >= 0.3 is 5.97 Å². The maximum atomic E-state index is 12.8. The zero-order chi connectivity index (χ0) is 9.78. The van der Waals surface area contributed by atoms with Crippen LogP contribution in [0.2, 0.25) is 0 Å². The number of hydrogen-bond acceptors (Lipinski definition) is 1. The number of hydrogen-bond donors (Lipinski definition) is 1. The second kappa shape index (κ2) is 4.18. The third-order valence-electron chi connectivity index (χ3n) is 1.58. The molecule has 1 unspecified atom stereocenters. The van der Waals surface area contributed by atoms with Crippen molar-refractivity contribution in [1.29, 1.82) is 0 Å². The van der Waals surface area contributed by atoms with Crippen LogP contribution in [0.25, 0.3) is 0 Å². The van der Waals surface area contributed by atoms with E-state index in [4.69, 9.17) is 5.11 Å². The summed E-state index contributed by atoms with van der Waals surface area (Å²) in [6.07, 6.45) is 1.86. The van der Waals surface area contributed by atoms with Crippen molar-refractivity contribution in [2.24, 2.45) is 5.92 Å². The first-order chi connectivity index (χ1) is 5.45. The van der Waals surface area contributed by atoms with Crippen LogP contribution in [0.4, 0.5) is 8.78 Å². The third-order valence-corrected chi connectivity index (χ3v) is 1.58. The lowest BCUT2D eigenvalue weighted by Crippen LogP contribution is -2.32. The van der Waals surface area contributed by atoms with E-state index in [0.29, 0.717) is 0 Å². The number of carbonyl (C=O) groups is 1. The summed E-state index contributed by atoms with van der Waals surface area (Å²) in [5.74, 6) is -6.34. The predicted molar refractivity (Wildman–Crippen MR) is 41.2 cm³/mol. The highest BCUT2D eigenvalue weighted by atomic mass is 19.3. The molecule has 12 heavy (non-hydrogen) atoms. The number of carboxylic acids is 1. The van der Waals surface area contributed by atoms with Crippen LogP contribution in [-0.4, -0.2) is 17.0 Å². The van der Waals surface area contributed by atoms with Gasteiger partial charge in [0.1, 0.15) is 5.92 Å². The Morgan fingerprint density at radius 1 is 1.67 bits per heavy atom. The molecule has 0 radical (unpaired) electrons. The molecule has 0 saturated carbocycles. The molecular weight excluding hydrogens is 166 g/mol. The van der Waals surface area contributed by atoms with Gasteiger partial charge in [0.25, 0.3) is 5.92 Å². The maximum Gasteiger partial charge on any atom is 0.316 e. The Balaban J connectivity index is 4.61. The Bertz CT molecular complexity index is 187. The first kappa shape index (κ1) is 11.1. The van der Waals surface area contributed by atoms with Crippen LogP contribution in [0.15, 0.2) is 12.2 Å². The topological polar surface area (TPSA) is 37.3 Å². The van der Waals surface area contributed by atoms with Crippen molar-refractivity contribution < 1.29 is 18.7 Å². The van der Waals surface area contributed by atoms with E-state index in [1.807, 2.05) is 0 Å². The lowest BCUT2D eigenvalue weighted by Gasteiger charge is -2.18. The summed E-state index contributed by atoms with van der Waals surface area (Å²) in [6, 6.07) is 0. The van der Waals surface area contributed by atoms with Gasteiger partial charge in [0.05, 0.1) is 0 Å². The normalized spacial score (nSPS) is 15.0. The zero-order valence-electron chi connectivity index (χ0n) is 7.05. The Labute approximate surface area is 69.9 Å². The Morgan fingerprint density at radius 2 is 2.17 bits per heavy atom. The predicted octanol–water partition coefficient (Wildman–Crippen LogP) is 2.31. The van der Waals surface area contributed by atoms with E-state index in [9.17, 15) is 13.6 Å². The van der Waals surface area contributed by atoms with Crippen molar-refractivity contribution in [1.82, 2.24) is 0 Å². The number of rotatable bonds is 4. The molecule has 0 aromatic carbocycles. The molecule has 70 valence electrons. The number of alkyl halides is 2. The van der Waals surface area contributed by atoms with Crippen molar-refractivity contribution >= 4 is 5.97 Å². The minimum Gasteiger partial charge on any atom is -0.481 e. The first-order valence-corrected chi connectivity index (χ1v) is 3.69. The number of aliphatic carboxylic acids is 1. The van der Waals surface area contributed by atoms with E-state index in [1.165, 1.54) is 19.9 Å². The highest BCUT2D eigenvalue weighted by Crippen LogP contribution is 2.29. The molecule has 4 heteroatoms. The van der Waals surface area contributed by atoms with E-state index in [-0.39, 0.29) is 0 Å². The fourth-order valence-corrected chi connectivity index (χ4v) is 0.816. The van der Waals surface area contributed by atoms with Crippen LogP contribution in [0.1, 0.15) is 20.3 Å². The van der Waals surface area contributed by atoms with Crippen molar-refractivity contribution in [3.63, 3.8) is 0 Å². The van der Waals surface area contributed by atoms with Crippen LogP contribution in [0.5, 0.6) is 0 Å². The minimum atomic E-state index is -3.15. The molecule has 0 rings (SSSR count). The molecule has 0 bridgehead atoms. The fourth-order valence-electron chi connectivity index (χ4n) is 0.816. The fraction of sp³-hybridized carbons (Fsp3) is 0.625. The van der Waals surface area contributed by atoms with Crippen molar-refractivity contribution in [3.8, 4) is 0 Å². The monoisotopic (exact) mass is 178 g/mol. The standard InChI is InChI=1S/C8H12F2O2/c1-3-5-6(7(11)12)8(9,10)4-2/h3,5-6H,4H2,1-2H3,(H,11,12). The smallest absolute Gasteiger partial charge is 0.316 e. The van der Waals surface area contributed by atoms with Crippen LogP contribution < -0.4 is 0 Å². The van der Waals surface area contributed by atoms with Gasteiger partial charge in [-0.1, -0.05) is 19.1 Å². The molecule has 0 aliphatic rings. The summed E-state index contributed by atoms with van der Waals surface area (Å²) in [5.41, 5.74) is 0. The number of carboxylic acid groups (broad SMARTS) is 1. The number of halogens is 2. The highest BCUT2D eigenvalue weighted by molar-refractivity contribution is 5.73. The minimum absolute atomic E-state index is 0.464. The van der Waals surface area contributed by atoms with Gasteiger partial charge in [-0.05, 0) is 6.92 Å². The van der Waals surface area contributed by atoms with Gasteiger partial charge in [0, 0.05) is 6.42 Å². The van der Waals surface area contributed by atoms with Gasteiger partial charge in [-0.3, -0.25) is 4.79 Å². The van der Waals surface area contributed by atoms with E-state index >= 15 is 0 Å². The molecular formula is C8H12F2O2. The van der Waals surface area contributed by atoms with Gasteiger partial charge in [0.15, 0.2) is 0 Å². The summed E-state index contributed by atoms with van der Waals surface area (Å²) < 4.78 is 25.6. The molecule has 0 spiro atoms. The largest absolute Gasteiger partial charge is 0.481 e.